The van der Waals surface area contributed by atoms with E-state index >= 15 is 0 Å². The van der Waals surface area contributed by atoms with Crippen LogP contribution in [0.3, 0.4) is 0 Å². The van der Waals surface area contributed by atoms with Gasteiger partial charge in [-0.2, -0.15) is 0 Å². The van der Waals surface area contributed by atoms with Crippen LogP contribution in [-0.4, -0.2) is 46.1 Å². The van der Waals surface area contributed by atoms with Crippen molar-refractivity contribution in [1.29, 1.82) is 0 Å². The first-order chi connectivity index (χ1) is 12.0. The molecule has 0 aromatic carbocycles. The summed E-state index contributed by atoms with van der Waals surface area (Å²) in [6, 6.07) is 2.03. The van der Waals surface area contributed by atoms with Crippen molar-refractivity contribution >= 4 is 11.6 Å². The van der Waals surface area contributed by atoms with Gasteiger partial charge in [-0.15, -0.1) is 0 Å². The lowest BCUT2D eigenvalue weighted by atomic mass is 10.0. The zero-order valence-electron chi connectivity index (χ0n) is 14.9. The quantitative estimate of drug-likeness (QED) is 0.854. The fourth-order valence-electron chi connectivity index (χ4n) is 3.96. The van der Waals surface area contributed by atoms with E-state index in [0.717, 1.165) is 37.7 Å². The summed E-state index contributed by atoms with van der Waals surface area (Å²) in [5, 5.41) is 0. The molecule has 0 amide bonds. The summed E-state index contributed by atoms with van der Waals surface area (Å²) in [4.78, 5) is 21.3. The Labute approximate surface area is 147 Å². The van der Waals surface area contributed by atoms with Gasteiger partial charge in [0.1, 0.15) is 18.5 Å². The number of hydrogen-bond acceptors (Lipinski definition) is 6. The molecule has 2 atom stereocenters. The second-order valence-corrected chi connectivity index (χ2v) is 7.40. The van der Waals surface area contributed by atoms with E-state index in [1.807, 2.05) is 26.8 Å². The van der Waals surface area contributed by atoms with E-state index in [2.05, 4.69) is 29.7 Å². The minimum Gasteiger partial charge on any atom is -0.356 e. The molecule has 0 spiro atoms. The van der Waals surface area contributed by atoms with Crippen LogP contribution in [-0.2, 0) is 0 Å². The highest BCUT2D eigenvalue weighted by Gasteiger charge is 2.41. The van der Waals surface area contributed by atoms with Crippen molar-refractivity contribution in [3.05, 3.63) is 35.9 Å². The minimum absolute atomic E-state index is 0.0559. The Hall–Kier alpha value is -2.31. The number of anilines is 2. The van der Waals surface area contributed by atoms with Gasteiger partial charge in [-0.1, -0.05) is 13.8 Å². The van der Waals surface area contributed by atoms with Crippen molar-refractivity contribution in [2.45, 2.75) is 26.7 Å². The molecule has 0 N–H and O–H groups in total. The Morgan fingerprint density at radius 1 is 0.960 bits per heavy atom. The molecule has 4 rings (SSSR count). The lowest BCUT2D eigenvalue weighted by Crippen LogP contribution is -2.30. The maximum atomic E-state index is 14.7. The standard InChI is InChI=1S/C18H23FN6/c1-11(2)17-16(19)18(23-10-22-17)25-7-13-5-24(6-14(13)8-25)15-4-12(3)20-9-21-15/h4,9-11,13-14H,5-8H2,1-3H3. The largest absolute Gasteiger partial charge is 0.356 e. The third kappa shape index (κ3) is 2.92. The average molecular weight is 342 g/mol. The molecule has 132 valence electrons. The van der Waals surface area contributed by atoms with Gasteiger partial charge in [-0.3, -0.25) is 0 Å². The van der Waals surface area contributed by atoms with Crippen LogP contribution in [0.25, 0.3) is 0 Å². The van der Waals surface area contributed by atoms with E-state index in [9.17, 15) is 4.39 Å². The van der Waals surface area contributed by atoms with Crippen molar-refractivity contribution in [3.8, 4) is 0 Å². The third-order valence-electron chi connectivity index (χ3n) is 5.24. The first-order valence-corrected chi connectivity index (χ1v) is 8.82. The van der Waals surface area contributed by atoms with Crippen molar-refractivity contribution < 1.29 is 4.39 Å². The Morgan fingerprint density at radius 3 is 2.24 bits per heavy atom. The molecular weight excluding hydrogens is 319 g/mol. The number of aromatic nitrogens is 4. The lowest BCUT2D eigenvalue weighted by Gasteiger charge is -2.24. The summed E-state index contributed by atoms with van der Waals surface area (Å²) in [6.45, 7) is 9.44. The number of aryl methyl sites for hydroxylation is 1. The molecule has 0 bridgehead atoms. The van der Waals surface area contributed by atoms with Gasteiger partial charge in [0, 0.05) is 49.8 Å². The second-order valence-electron chi connectivity index (χ2n) is 7.40. The molecular formula is C18H23FN6. The first kappa shape index (κ1) is 16.2. The van der Waals surface area contributed by atoms with E-state index in [-0.39, 0.29) is 11.7 Å². The molecule has 2 unspecified atom stereocenters. The molecule has 4 heterocycles. The molecule has 2 aliphatic heterocycles. The molecule has 2 saturated heterocycles. The van der Waals surface area contributed by atoms with Crippen LogP contribution in [0.15, 0.2) is 18.7 Å². The minimum atomic E-state index is -0.263. The van der Waals surface area contributed by atoms with Gasteiger partial charge in [-0.25, -0.2) is 24.3 Å². The van der Waals surface area contributed by atoms with Crippen LogP contribution >= 0.6 is 0 Å². The van der Waals surface area contributed by atoms with E-state index in [4.69, 9.17) is 0 Å². The Kier molecular flexibility index (Phi) is 4.01. The van der Waals surface area contributed by atoms with Crippen molar-refractivity contribution in [2.24, 2.45) is 11.8 Å². The smallest absolute Gasteiger partial charge is 0.187 e. The Balaban J connectivity index is 1.49. The van der Waals surface area contributed by atoms with Gasteiger partial charge in [0.15, 0.2) is 11.6 Å². The van der Waals surface area contributed by atoms with Crippen molar-refractivity contribution in [3.63, 3.8) is 0 Å². The molecule has 0 radical (unpaired) electrons. The van der Waals surface area contributed by atoms with Gasteiger partial charge in [0.25, 0.3) is 0 Å². The Bertz CT molecular complexity index is 766. The summed E-state index contributed by atoms with van der Waals surface area (Å²) >= 11 is 0. The van der Waals surface area contributed by atoms with Crippen molar-refractivity contribution in [1.82, 2.24) is 19.9 Å². The number of halogens is 1. The maximum absolute atomic E-state index is 14.7. The first-order valence-electron chi connectivity index (χ1n) is 8.82. The van der Waals surface area contributed by atoms with Gasteiger partial charge < -0.3 is 9.80 Å². The zero-order valence-corrected chi connectivity index (χ0v) is 14.9. The summed E-state index contributed by atoms with van der Waals surface area (Å²) in [7, 11) is 0. The highest BCUT2D eigenvalue weighted by atomic mass is 19.1. The fourth-order valence-corrected chi connectivity index (χ4v) is 3.96. The monoisotopic (exact) mass is 342 g/mol. The molecule has 6 nitrogen and oxygen atoms in total. The summed E-state index contributed by atoms with van der Waals surface area (Å²) < 4.78 is 14.7. The normalized spacial score (nSPS) is 22.8. The summed E-state index contributed by atoms with van der Waals surface area (Å²) in [6.07, 6.45) is 3.10. The van der Waals surface area contributed by atoms with Gasteiger partial charge in [0.05, 0.1) is 5.69 Å². The van der Waals surface area contributed by atoms with Crippen LogP contribution in [0.5, 0.6) is 0 Å². The second kappa shape index (κ2) is 6.20. The van der Waals surface area contributed by atoms with Crippen LogP contribution in [0.1, 0.15) is 31.2 Å². The maximum Gasteiger partial charge on any atom is 0.187 e. The Morgan fingerprint density at radius 2 is 1.60 bits per heavy atom. The van der Waals surface area contributed by atoms with Gasteiger partial charge in [0.2, 0.25) is 0 Å². The molecule has 2 aromatic heterocycles. The third-order valence-corrected chi connectivity index (χ3v) is 5.24. The highest BCUT2D eigenvalue weighted by molar-refractivity contribution is 5.46. The van der Waals surface area contributed by atoms with Crippen LogP contribution in [0.2, 0.25) is 0 Å². The fraction of sp³-hybridized carbons (Fsp3) is 0.556. The van der Waals surface area contributed by atoms with Crippen LogP contribution in [0, 0.1) is 24.6 Å². The zero-order chi connectivity index (χ0) is 17.6. The summed E-state index contributed by atoms with van der Waals surface area (Å²) in [5.74, 6) is 2.25. The molecule has 0 aliphatic carbocycles. The number of fused-ring (bicyclic) bond motifs is 1. The van der Waals surface area contributed by atoms with E-state index in [1.54, 1.807) is 6.33 Å². The van der Waals surface area contributed by atoms with E-state index in [0.29, 0.717) is 23.3 Å². The molecule has 7 heteroatoms. The van der Waals surface area contributed by atoms with Crippen LogP contribution in [0.4, 0.5) is 16.0 Å². The van der Waals surface area contributed by atoms with Crippen LogP contribution < -0.4 is 9.80 Å². The summed E-state index contributed by atoms with van der Waals surface area (Å²) in [5.41, 5.74) is 1.48. The van der Waals surface area contributed by atoms with E-state index in [1.165, 1.54) is 6.33 Å². The molecule has 2 fully saturated rings. The number of hydrogen-bond donors (Lipinski definition) is 0. The molecule has 25 heavy (non-hydrogen) atoms. The predicted molar refractivity (Wildman–Crippen MR) is 94.3 cm³/mol. The number of nitrogens with zero attached hydrogens (tertiary/aromatic N) is 6. The average Bonchev–Trinajstić information content (AvgIpc) is 3.13. The van der Waals surface area contributed by atoms with Gasteiger partial charge in [-0.05, 0) is 12.8 Å². The van der Waals surface area contributed by atoms with Gasteiger partial charge >= 0.3 is 0 Å². The molecule has 0 saturated carbocycles. The lowest BCUT2D eigenvalue weighted by molar-refractivity contribution is 0.533. The van der Waals surface area contributed by atoms with Crippen molar-refractivity contribution in [2.75, 3.05) is 36.0 Å². The topological polar surface area (TPSA) is 58.0 Å². The number of rotatable bonds is 3. The predicted octanol–water partition coefficient (Wildman–Crippen LogP) is 2.41. The van der Waals surface area contributed by atoms with E-state index < -0.39 is 0 Å². The SMILES string of the molecule is Cc1cc(N2CC3CN(c4ncnc(C(C)C)c4F)CC3C2)ncn1. The molecule has 2 aliphatic rings. The molecule has 2 aromatic rings. The highest BCUT2D eigenvalue weighted by Crippen LogP contribution is 2.36.